The van der Waals surface area contributed by atoms with Gasteiger partial charge in [0.25, 0.3) is 0 Å². The van der Waals surface area contributed by atoms with Crippen LogP contribution < -0.4 is 4.74 Å². The highest BCUT2D eigenvalue weighted by molar-refractivity contribution is 9.10. The van der Waals surface area contributed by atoms with E-state index in [1.807, 2.05) is 6.07 Å². The minimum absolute atomic E-state index is 0.294. The average Bonchev–Trinajstić information content (AvgIpc) is 2.34. The van der Waals surface area contributed by atoms with Crippen LogP contribution >= 0.6 is 15.9 Å². The van der Waals surface area contributed by atoms with Crippen molar-refractivity contribution in [3.05, 3.63) is 52.4 Å². The van der Waals surface area contributed by atoms with Crippen LogP contribution in [0.4, 0.5) is 4.39 Å². The topological polar surface area (TPSA) is 45.9 Å². The van der Waals surface area contributed by atoms with Gasteiger partial charge < -0.3 is 4.74 Å². The summed E-state index contributed by atoms with van der Waals surface area (Å²) in [5.74, 6) is 0.375. The van der Waals surface area contributed by atoms with Crippen molar-refractivity contribution in [1.29, 1.82) is 5.26 Å². The van der Waals surface area contributed by atoms with Crippen molar-refractivity contribution in [3.63, 3.8) is 0 Å². The molecule has 2 aromatic rings. The molecule has 0 N–H and O–H groups in total. The first-order valence-corrected chi connectivity index (χ1v) is 5.47. The summed E-state index contributed by atoms with van der Waals surface area (Å²) in [7, 11) is 0. The van der Waals surface area contributed by atoms with E-state index >= 15 is 0 Å². The molecule has 0 atom stereocenters. The zero-order chi connectivity index (χ0) is 12.3. The van der Waals surface area contributed by atoms with Crippen LogP contribution in [0, 0.1) is 17.1 Å². The first-order valence-electron chi connectivity index (χ1n) is 4.68. The first-order chi connectivity index (χ1) is 8.19. The van der Waals surface area contributed by atoms with Crippen molar-refractivity contribution in [2.75, 3.05) is 0 Å². The molecule has 17 heavy (non-hydrogen) atoms. The monoisotopic (exact) mass is 292 g/mol. The predicted octanol–water partition coefficient (Wildman–Crippen LogP) is 3.65. The molecule has 0 saturated heterocycles. The SMILES string of the molecule is N#Cc1ccnc(Oc2ccc(F)c(Br)c2)c1. The minimum Gasteiger partial charge on any atom is -0.439 e. The molecule has 3 nitrogen and oxygen atoms in total. The number of hydrogen-bond donors (Lipinski definition) is 0. The molecule has 0 unspecified atom stereocenters. The highest BCUT2D eigenvalue weighted by Gasteiger charge is 2.04. The summed E-state index contributed by atoms with van der Waals surface area (Å²) < 4.78 is 18.7. The van der Waals surface area contributed by atoms with Gasteiger partial charge in [-0.3, -0.25) is 0 Å². The number of ether oxygens (including phenoxy) is 1. The first kappa shape index (κ1) is 11.6. The van der Waals surface area contributed by atoms with Gasteiger partial charge in [0.1, 0.15) is 11.6 Å². The Labute approximate surface area is 106 Å². The average molecular weight is 293 g/mol. The van der Waals surface area contributed by atoms with Gasteiger partial charge in [0.15, 0.2) is 0 Å². The van der Waals surface area contributed by atoms with Crippen LogP contribution in [0.1, 0.15) is 5.56 Å². The third-order valence-electron chi connectivity index (χ3n) is 1.98. The van der Waals surface area contributed by atoms with Crippen LogP contribution in [0.2, 0.25) is 0 Å². The molecule has 84 valence electrons. The van der Waals surface area contributed by atoms with Crippen LogP contribution in [0.3, 0.4) is 0 Å². The molecule has 0 aliphatic heterocycles. The normalized spacial score (nSPS) is 9.71. The minimum atomic E-state index is -0.365. The highest BCUT2D eigenvalue weighted by Crippen LogP contribution is 2.25. The molecule has 1 aromatic heterocycles. The Bertz CT molecular complexity index is 595. The number of pyridine rings is 1. The molecule has 0 bridgehead atoms. The lowest BCUT2D eigenvalue weighted by atomic mass is 10.3. The smallest absolute Gasteiger partial charge is 0.220 e. The van der Waals surface area contributed by atoms with Crippen LogP contribution in [-0.2, 0) is 0 Å². The zero-order valence-corrected chi connectivity index (χ0v) is 10.1. The standard InChI is InChI=1S/C12H6BrFN2O/c13-10-6-9(1-2-11(10)14)17-12-5-8(7-15)3-4-16-12/h1-6H. The number of aromatic nitrogens is 1. The maximum atomic E-state index is 13.0. The third kappa shape index (κ3) is 2.80. The van der Waals surface area contributed by atoms with E-state index in [-0.39, 0.29) is 5.82 Å². The Morgan fingerprint density at radius 2 is 2.12 bits per heavy atom. The highest BCUT2D eigenvalue weighted by atomic mass is 79.9. The van der Waals surface area contributed by atoms with Crippen molar-refractivity contribution in [3.8, 4) is 17.7 Å². The maximum Gasteiger partial charge on any atom is 0.220 e. The fourth-order valence-electron chi connectivity index (χ4n) is 1.20. The molecule has 0 fully saturated rings. The van der Waals surface area contributed by atoms with Gasteiger partial charge in [-0.25, -0.2) is 9.37 Å². The summed E-state index contributed by atoms with van der Waals surface area (Å²) in [6.45, 7) is 0. The lowest BCUT2D eigenvalue weighted by molar-refractivity contribution is 0.460. The second kappa shape index (κ2) is 4.93. The van der Waals surface area contributed by atoms with E-state index in [2.05, 4.69) is 20.9 Å². The van der Waals surface area contributed by atoms with Crippen LogP contribution in [0.5, 0.6) is 11.6 Å². The molecular weight excluding hydrogens is 287 g/mol. The van der Waals surface area contributed by atoms with Crippen LogP contribution in [0.25, 0.3) is 0 Å². The fraction of sp³-hybridized carbons (Fsp3) is 0. The maximum absolute atomic E-state index is 13.0. The number of benzene rings is 1. The van der Waals surface area contributed by atoms with Crippen LogP contribution in [-0.4, -0.2) is 4.98 Å². The van der Waals surface area contributed by atoms with Gasteiger partial charge in [0.2, 0.25) is 5.88 Å². The molecule has 0 aliphatic rings. The summed E-state index contributed by atoms with van der Waals surface area (Å²) in [5.41, 5.74) is 0.455. The van der Waals surface area contributed by atoms with Gasteiger partial charge in [-0.2, -0.15) is 5.26 Å². The second-order valence-electron chi connectivity index (χ2n) is 3.17. The van der Waals surface area contributed by atoms with Crippen molar-refractivity contribution in [2.45, 2.75) is 0 Å². The van der Waals surface area contributed by atoms with E-state index < -0.39 is 0 Å². The van der Waals surface area contributed by atoms with Gasteiger partial charge in [0.05, 0.1) is 16.1 Å². The number of rotatable bonds is 2. The Morgan fingerprint density at radius 3 is 2.82 bits per heavy atom. The molecular formula is C12H6BrFN2O. The molecule has 0 radical (unpaired) electrons. The van der Waals surface area contributed by atoms with Gasteiger partial charge in [-0.15, -0.1) is 0 Å². The van der Waals surface area contributed by atoms with E-state index in [1.165, 1.54) is 30.5 Å². The molecule has 2 rings (SSSR count). The lowest BCUT2D eigenvalue weighted by Gasteiger charge is -2.05. The fourth-order valence-corrected chi connectivity index (χ4v) is 1.55. The second-order valence-corrected chi connectivity index (χ2v) is 4.03. The lowest BCUT2D eigenvalue weighted by Crippen LogP contribution is -1.89. The number of nitriles is 1. The molecule has 1 aromatic carbocycles. The summed E-state index contributed by atoms with van der Waals surface area (Å²) in [6, 6.07) is 9.34. The van der Waals surface area contributed by atoms with Gasteiger partial charge in [-0.05, 0) is 40.2 Å². The molecule has 5 heteroatoms. The van der Waals surface area contributed by atoms with E-state index in [0.29, 0.717) is 21.7 Å². The largest absolute Gasteiger partial charge is 0.439 e. The Kier molecular flexibility index (Phi) is 3.35. The Morgan fingerprint density at radius 1 is 1.29 bits per heavy atom. The summed E-state index contributed by atoms with van der Waals surface area (Å²) >= 11 is 3.06. The third-order valence-corrected chi connectivity index (χ3v) is 2.59. The van der Waals surface area contributed by atoms with Crippen molar-refractivity contribution >= 4 is 15.9 Å². The predicted molar refractivity (Wildman–Crippen MR) is 63.1 cm³/mol. The quantitative estimate of drug-likeness (QED) is 0.849. The van der Waals surface area contributed by atoms with E-state index in [0.717, 1.165) is 0 Å². The molecule has 0 aliphatic carbocycles. The molecule has 1 heterocycles. The van der Waals surface area contributed by atoms with Gasteiger partial charge in [-0.1, -0.05) is 0 Å². The summed E-state index contributed by atoms with van der Waals surface area (Å²) in [6.07, 6.45) is 1.48. The Hall–Kier alpha value is -1.93. The van der Waals surface area contributed by atoms with E-state index in [1.54, 1.807) is 6.07 Å². The Balaban J connectivity index is 2.25. The summed E-state index contributed by atoms with van der Waals surface area (Å²) in [4.78, 5) is 3.95. The molecule has 0 amide bonds. The number of hydrogen-bond acceptors (Lipinski definition) is 3. The van der Waals surface area contributed by atoms with Crippen molar-refractivity contribution < 1.29 is 9.13 Å². The zero-order valence-electron chi connectivity index (χ0n) is 8.52. The molecule has 0 spiro atoms. The number of nitrogens with zero attached hydrogens (tertiary/aromatic N) is 2. The van der Waals surface area contributed by atoms with E-state index in [9.17, 15) is 4.39 Å². The van der Waals surface area contributed by atoms with Gasteiger partial charge in [0, 0.05) is 12.3 Å². The summed E-state index contributed by atoms with van der Waals surface area (Å²) in [5, 5.41) is 8.72. The van der Waals surface area contributed by atoms with E-state index in [4.69, 9.17) is 10.00 Å². The van der Waals surface area contributed by atoms with Gasteiger partial charge >= 0.3 is 0 Å². The van der Waals surface area contributed by atoms with Crippen molar-refractivity contribution in [1.82, 2.24) is 4.98 Å². The van der Waals surface area contributed by atoms with Crippen LogP contribution in [0.15, 0.2) is 41.0 Å². The molecule has 0 saturated carbocycles. The van der Waals surface area contributed by atoms with Crippen molar-refractivity contribution in [2.24, 2.45) is 0 Å². The number of halogens is 2.